The number of benzene rings is 2. The summed E-state index contributed by atoms with van der Waals surface area (Å²) in [5.74, 6) is -1.46. The Morgan fingerprint density at radius 3 is 2.11 bits per heavy atom. The molecule has 0 spiro atoms. The first kappa shape index (κ1) is 12.4. The van der Waals surface area contributed by atoms with Gasteiger partial charge >= 0.3 is 0 Å². The van der Waals surface area contributed by atoms with Crippen LogP contribution in [0, 0.1) is 23.0 Å². The van der Waals surface area contributed by atoms with Gasteiger partial charge in [-0.25, -0.2) is 8.78 Å². The smallest absolute Gasteiger partial charge is 0.141 e. The van der Waals surface area contributed by atoms with Crippen LogP contribution in [0.1, 0.15) is 5.56 Å². The van der Waals surface area contributed by atoms with E-state index in [9.17, 15) is 8.78 Å². The van der Waals surface area contributed by atoms with Gasteiger partial charge in [0.15, 0.2) is 0 Å². The van der Waals surface area contributed by atoms with Gasteiger partial charge in [0.1, 0.15) is 17.4 Å². The summed E-state index contributed by atoms with van der Waals surface area (Å²) in [6, 6.07) is 9.64. The highest BCUT2D eigenvalue weighted by atomic mass is 32.2. The Morgan fingerprint density at radius 1 is 1.06 bits per heavy atom. The minimum Gasteiger partial charge on any atom is -0.508 e. The Kier molecular flexibility index (Phi) is 3.49. The zero-order chi connectivity index (χ0) is 13.1. The molecule has 0 saturated carbocycles. The number of aromatic hydroxyl groups is 1. The molecule has 0 amide bonds. The van der Waals surface area contributed by atoms with Crippen molar-refractivity contribution >= 4 is 11.8 Å². The molecule has 2 aromatic carbocycles. The Morgan fingerprint density at radius 2 is 1.61 bits per heavy atom. The van der Waals surface area contributed by atoms with Crippen molar-refractivity contribution < 1.29 is 13.9 Å². The number of phenolic OH excluding ortho intramolecular Hbond substituents is 1. The van der Waals surface area contributed by atoms with E-state index in [1.165, 1.54) is 12.1 Å². The van der Waals surface area contributed by atoms with Crippen molar-refractivity contribution in [3.8, 4) is 11.8 Å². The molecule has 0 aliphatic heterocycles. The van der Waals surface area contributed by atoms with Crippen molar-refractivity contribution in [1.82, 2.24) is 0 Å². The SMILES string of the molecule is N#Cc1cc(F)c(Sc2ccc(O)cc2)c(F)c1. The van der Waals surface area contributed by atoms with Crippen molar-refractivity contribution in [2.24, 2.45) is 0 Å². The lowest BCUT2D eigenvalue weighted by Crippen LogP contribution is -1.90. The highest BCUT2D eigenvalue weighted by Gasteiger charge is 2.12. The molecule has 0 heterocycles. The van der Waals surface area contributed by atoms with Gasteiger partial charge in [0.05, 0.1) is 16.5 Å². The molecule has 0 unspecified atom stereocenters. The van der Waals surface area contributed by atoms with Crippen molar-refractivity contribution in [3.05, 3.63) is 53.6 Å². The zero-order valence-electron chi connectivity index (χ0n) is 9.02. The van der Waals surface area contributed by atoms with Crippen LogP contribution >= 0.6 is 11.8 Å². The molecular formula is C13H7F2NOS. The molecule has 0 aromatic heterocycles. The minimum absolute atomic E-state index is 0.0555. The highest BCUT2D eigenvalue weighted by molar-refractivity contribution is 7.99. The fraction of sp³-hybridized carbons (Fsp3) is 0. The quantitative estimate of drug-likeness (QED) is 0.898. The van der Waals surface area contributed by atoms with Crippen molar-refractivity contribution in [2.45, 2.75) is 9.79 Å². The summed E-state index contributed by atoms with van der Waals surface area (Å²) in [6.45, 7) is 0. The van der Waals surface area contributed by atoms with Gasteiger partial charge in [0.25, 0.3) is 0 Å². The molecule has 2 nitrogen and oxygen atoms in total. The van der Waals surface area contributed by atoms with Crippen LogP contribution in [0.3, 0.4) is 0 Å². The largest absolute Gasteiger partial charge is 0.508 e. The third-order valence-corrected chi connectivity index (χ3v) is 3.29. The van der Waals surface area contributed by atoms with Crippen LogP contribution in [0.5, 0.6) is 5.75 Å². The number of rotatable bonds is 2. The zero-order valence-corrected chi connectivity index (χ0v) is 9.84. The van der Waals surface area contributed by atoms with Crippen molar-refractivity contribution in [3.63, 3.8) is 0 Å². The van der Waals surface area contributed by atoms with E-state index in [4.69, 9.17) is 10.4 Å². The Balaban J connectivity index is 2.35. The fourth-order valence-electron chi connectivity index (χ4n) is 1.35. The molecule has 90 valence electrons. The van der Waals surface area contributed by atoms with E-state index in [2.05, 4.69) is 0 Å². The molecule has 0 saturated heterocycles. The molecule has 0 aliphatic carbocycles. The third kappa shape index (κ3) is 2.60. The van der Waals surface area contributed by atoms with Gasteiger partial charge in [-0.15, -0.1) is 0 Å². The second-order valence-electron chi connectivity index (χ2n) is 3.48. The predicted molar refractivity (Wildman–Crippen MR) is 63.3 cm³/mol. The number of nitrogens with zero attached hydrogens (tertiary/aromatic N) is 1. The molecule has 1 N–H and O–H groups in total. The molecule has 0 atom stereocenters. The average molecular weight is 263 g/mol. The van der Waals surface area contributed by atoms with Crippen LogP contribution in [0.4, 0.5) is 8.78 Å². The standard InChI is InChI=1S/C13H7F2NOS/c14-11-5-8(7-16)6-12(15)13(11)18-10-3-1-9(17)2-4-10/h1-6,17H. The summed E-state index contributed by atoms with van der Waals surface area (Å²) < 4.78 is 27.2. The number of halogens is 2. The van der Waals surface area contributed by atoms with E-state index in [0.29, 0.717) is 4.90 Å². The monoisotopic (exact) mass is 263 g/mol. The van der Waals surface area contributed by atoms with E-state index in [0.717, 1.165) is 23.9 Å². The maximum Gasteiger partial charge on any atom is 0.141 e. The van der Waals surface area contributed by atoms with Crippen LogP contribution in [0.15, 0.2) is 46.2 Å². The Bertz CT molecular complexity index is 597. The van der Waals surface area contributed by atoms with Crippen LogP contribution in [-0.2, 0) is 0 Å². The molecule has 2 rings (SSSR count). The predicted octanol–water partition coefficient (Wildman–Crippen LogP) is 3.69. The number of nitriles is 1. The summed E-state index contributed by atoms with van der Waals surface area (Å²) in [5, 5.41) is 17.7. The second-order valence-corrected chi connectivity index (χ2v) is 4.56. The van der Waals surface area contributed by atoms with Gasteiger partial charge < -0.3 is 5.11 Å². The van der Waals surface area contributed by atoms with Gasteiger partial charge in [-0.1, -0.05) is 11.8 Å². The van der Waals surface area contributed by atoms with E-state index in [1.54, 1.807) is 18.2 Å². The molecule has 5 heteroatoms. The first-order valence-electron chi connectivity index (χ1n) is 4.96. The van der Waals surface area contributed by atoms with E-state index < -0.39 is 11.6 Å². The van der Waals surface area contributed by atoms with E-state index in [1.807, 2.05) is 0 Å². The van der Waals surface area contributed by atoms with Crippen molar-refractivity contribution in [2.75, 3.05) is 0 Å². The lowest BCUT2D eigenvalue weighted by atomic mass is 10.2. The van der Waals surface area contributed by atoms with Crippen LogP contribution in [-0.4, -0.2) is 5.11 Å². The summed E-state index contributed by atoms with van der Waals surface area (Å²) in [4.78, 5) is 0.426. The minimum atomic E-state index is -0.773. The molecule has 0 fully saturated rings. The number of hydrogen-bond donors (Lipinski definition) is 1. The first-order valence-corrected chi connectivity index (χ1v) is 5.78. The van der Waals surface area contributed by atoms with Crippen molar-refractivity contribution in [1.29, 1.82) is 5.26 Å². The molecule has 0 aliphatic rings. The van der Waals surface area contributed by atoms with Gasteiger partial charge in [-0.05, 0) is 36.4 Å². The molecular weight excluding hydrogens is 256 g/mol. The van der Waals surface area contributed by atoms with Gasteiger partial charge in [-0.2, -0.15) is 5.26 Å². The maximum absolute atomic E-state index is 13.6. The van der Waals surface area contributed by atoms with Crippen LogP contribution < -0.4 is 0 Å². The average Bonchev–Trinajstić information content (AvgIpc) is 2.35. The summed E-state index contributed by atoms with van der Waals surface area (Å²) in [6.07, 6.45) is 0. The molecule has 0 bridgehead atoms. The molecule has 18 heavy (non-hydrogen) atoms. The second kappa shape index (κ2) is 5.07. The topological polar surface area (TPSA) is 44.0 Å². The maximum atomic E-state index is 13.6. The van der Waals surface area contributed by atoms with E-state index >= 15 is 0 Å². The third-order valence-electron chi connectivity index (χ3n) is 2.18. The summed E-state index contributed by atoms with van der Waals surface area (Å²) in [7, 11) is 0. The lowest BCUT2D eigenvalue weighted by Gasteiger charge is -2.05. The Labute approximate surface area is 106 Å². The highest BCUT2D eigenvalue weighted by Crippen LogP contribution is 2.33. The van der Waals surface area contributed by atoms with Gasteiger partial charge in [0, 0.05) is 4.90 Å². The number of hydrogen-bond acceptors (Lipinski definition) is 3. The lowest BCUT2D eigenvalue weighted by molar-refractivity contribution is 0.475. The van der Waals surface area contributed by atoms with Crippen LogP contribution in [0.25, 0.3) is 0 Å². The first-order chi connectivity index (χ1) is 8.60. The van der Waals surface area contributed by atoms with Crippen LogP contribution in [0.2, 0.25) is 0 Å². The van der Waals surface area contributed by atoms with Gasteiger partial charge in [-0.3, -0.25) is 0 Å². The molecule has 0 radical (unpaired) electrons. The normalized spacial score (nSPS) is 10.1. The summed E-state index contributed by atoms with van der Waals surface area (Å²) >= 11 is 0.898. The Hall–Kier alpha value is -2.06. The van der Waals surface area contributed by atoms with Gasteiger partial charge in [0.2, 0.25) is 0 Å². The summed E-state index contributed by atoms with van der Waals surface area (Å²) in [5.41, 5.74) is -0.0555. The number of phenols is 1. The molecule has 2 aromatic rings. The van der Waals surface area contributed by atoms with E-state index in [-0.39, 0.29) is 16.2 Å². The fourth-order valence-corrected chi connectivity index (χ4v) is 2.17.